The maximum atomic E-state index is 13.0. The second kappa shape index (κ2) is 5.49. The Morgan fingerprint density at radius 3 is 2.67 bits per heavy atom. The van der Waals surface area contributed by atoms with Crippen molar-refractivity contribution in [2.24, 2.45) is 5.92 Å². The van der Waals surface area contributed by atoms with E-state index in [1.54, 1.807) is 0 Å². The van der Waals surface area contributed by atoms with Gasteiger partial charge < -0.3 is 0 Å². The third kappa shape index (κ3) is 2.54. The number of rotatable bonds is 3. The average molecular weight is 266 g/mol. The molecular weight excluding hydrogens is 253 g/mol. The highest BCUT2D eigenvalue weighted by Crippen LogP contribution is 2.33. The van der Waals surface area contributed by atoms with Crippen LogP contribution >= 0.6 is 11.6 Å². The van der Waals surface area contributed by atoms with Crippen molar-refractivity contribution in [2.45, 2.75) is 31.6 Å². The summed E-state index contributed by atoms with van der Waals surface area (Å²) >= 11 is 5.91. The number of benzene rings is 1. The molecule has 0 amide bonds. The molecule has 0 radical (unpaired) electrons. The molecule has 1 aromatic carbocycles. The van der Waals surface area contributed by atoms with Crippen LogP contribution in [0.2, 0.25) is 5.02 Å². The lowest BCUT2D eigenvalue weighted by Gasteiger charge is -2.14. The Labute approximate surface area is 110 Å². The van der Waals surface area contributed by atoms with Gasteiger partial charge in [-0.2, -0.15) is 5.26 Å². The van der Waals surface area contributed by atoms with Crippen molar-refractivity contribution in [3.8, 4) is 6.07 Å². The summed E-state index contributed by atoms with van der Waals surface area (Å²) in [6, 6.07) is 5.80. The highest BCUT2D eigenvalue weighted by atomic mass is 35.5. The Bertz CT molecular complexity index is 503. The zero-order valence-corrected chi connectivity index (χ0v) is 10.6. The van der Waals surface area contributed by atoms with Crippen molar-refractivity contribution in [1.29, 1.82) is 5.26 Å². The van der Waals surface area contributed by atoms with Crippen molar-refractivity contribution in [2.75, 3.05) is 0 Å². The van der Waals surface area contributed by atoms with Gasteiger partial charge in [-0.25, -0.2) is 4.39 Å². The molecular formula is C14H13ClFNO. The van der Waals surface area contributed by atoms with Crippen molar-refractivity contribution >= 4 is 17.4 Å². The summed E-state index contributed by atoms with van der Waals surface area (Å²) in [6.07, 6.45) is 3.75. The largest absolute Gasteiger partial charge is 0.298 e. The molecule has 2 rings (SSSR count). The van der Waals surface area contributed by atoms with Gasteiger partial charge in [0.05, 0.1) is 6.07 Å². The molecule has 0 saturated heterocycles. The molecule has 0 aliphatic heterocycles. The number of hydrogen-bond acceptors (Lipinski definition) is 2. The Hall–Kier alpha value is -1.40. The fourth-order valence-electron chi connectivity index (χ4n) is 2.47. The van der Waals surface area contributed by atoms with Gasteiger partial charge >= 0.3 is 0 Å². The van der Waals surface area contributed by atoms with E-state index in [0.29, 0.717) is 5.56 Å². The zero-order valence-electron chi connectivity index (χ0n) is 9.83. The first-order chi connectivity index (χ1) is 8.63. The van der Waals surface area contributed by atoms with Gasteiger partial charge in [0.2, 0.25) is 0 Å². The SMILES string of the molecule is N#CC(C(=O)C1CCCC1)c1ccc(F)cc1Cl. The summed E-state index contributed by atoms with van der Waals surface area (Å²) < 4.78 is 13.0. The summed E-state index contributed by atoms with van der Waals surface area (Å²) in [7, 11) is 0. The lowest BCUT2D eigenvalue weighted by atomic mass is 9.87. The van der Waals surface area contributed by atoms with Gasteiger partial charge in [-0.15, -0.1) is 0 Å². The normalized spacial score (nSPS) is 17.4. The number of hydrogen-bond donors (Lipinski definition) is 0. The third-order valence-corrected chi connectivity index (χ3v) is 3.77. The minimum absolute atomic E-state index is 0.0456. The van der Waals surface area contributed by atoms with Crippen LogP contribution in [0.25, 0.3) is 0 Å². The average Bonchev–Trinajstić information content (AvgIpc) is 2.86. The molecule has 94 valence electrons. The summed E-state index contributed by atoms with van der Waals surface area (Å²) in [5.74, 6) is -1.46. The molecule has 1 saturated carbocycles. The van der Waals surface area contributed by atoms with Crippen LogP contribution < -0.4 is 0 Å². The van der Waals surface area contributed by atoms with E-state index in [9.17, 15) is 14.4 Å². The van der Waals surface area contributed by atoms with Crippen molar-refractivity contribution in [1.82, 2.24) is 0 Å². The predicted octanol–water partition coefficient (Wildman–Crippen LogP) is 3.85. The number of Topliss-reactive ketones (excluding diaryl/α,β-unsaturated/α-hetero) is 1. The standard InChI is InChI=1S/C14H13ClFNO/c15-13-7-10(16)5-6-11(13)12(8-17)14(18)9-3-1-2-4-9/h5-7,9,12H,1-4H2. The van der Waals surface area contributed by atoms with Gasteiger partial charge in [-0.3, -0.25) is 4.79 Å². The van der Waals surface area contributed by atoms with E-state index >= 15 is 0 Å². The minimum Gasteiger partial charge on any atom is -0.298 e. The monoisotopic (exact) mass is 265 g/mol. The number of nitriles is 1. The van der Waals surface area contributed by atoms with Gasteiger partial charge in [-0.05, 0) is 30.5 Å². The van der Waals surface area contributed by atoms with Crippen LogP contribution in [0, 0.1) is 23.1 Å². The van der Waals surface area contributed by atoms with Crippen LogP contribution in [-0.4, -0.2) is 5.78 Å². The van der Waals surface area contributed by atoms with Crippen molar-refractivity contribution < 1.29 is 9.18 Å². The molecule has 2 nitrogen and oxygen atoms in total. The van der Waals surface area contributed by atoms with E-state index in [1.165, 1.54) is 12.1 Å². The maximum Gasteiger partial charge on any atom is 0.157 e. The van der Waals surface area contributed by atoms with Crippen LogP contribution in [0.1, 0.15) is 37.2 Å². The number of nitrogens with zero attached hydrogens (tertiary/aromatic N) is 1. The quantitative estimate of drug-likeness (QED) is 0.833. The number of ketones is 1. The molecule has 18 heavy (non-hydrogen) atoms. The van der Waals surface area contributed by atoms with E-state index in [1.807, 2.05) is 6.07 Å². The Morgan fingerprint density at radius 2 is 2.11 bits per heavy atom. The Morgan fingerprint density at radius 1 is 1.44 bits per heavy atom. The highest BCUT2D eigenvalue weighted by molar-refractivity contribution is 6.31. The van der Waals surface area contributed by atoms with Crippen molar-refractivity contribution in [3.63, 3.8) is 0 Å². The summed E-state index contributed by atoms with van der Waals surface area (Å²) in [4.78, 5) is 12.2. The molecule has 0 aromatic heterocycles. The van der Waals surface area contributed by atoms with E-state index < -0.39 is 11.7 Å². The molecule has 1 aromatic rings. The molecule has 1 aliphatic rings. The van der Waals surface area contributed by atoms with Crippen LogP contribution in [-0.2, 0) is 4.79 Å². The van der Waals surface area contributed by atoms with Gasteiger partial charge in [0.1, 0.15) is 11.7 Å². The number of carbonyl (C=O) groups is 1. The number of halogens is 2. The second-order valence-electron chi connectivity index (χ2n) is 4.61. The molecule has 4 heteroatoms. The lowest BCUT2D eigenvalue weighted by Crippen LogP contribution is -2.19. The smallest absolute Gasteiger partial charge is 0.157 e. The first-order valence-electron chi connectivity index (χ1n) is 6.01. The summed E-state index contributed by atoms with van der Waals surface area (Å²) in [5, 5.41) is 9.33. The van der Waals surface area contributed by atoms with E-state index in [0.717, 1.165) is 31.7 Å². The van der Waals surface area contributed by atoms with E-state index in [-0.39, 0.29) is 16.7 Å². The van der Waals surface area contributed by atoms with Crippen LogP contribution in [0.15, 0.2) is 18.2 Å². The second-order valence-corrected chi connectivity index (χ2v) is 5.02. The highest BCUT2D eigenvalue weighted by Gasteiger charge is 2.31. The zero-order chi connectivity index (χ0) is 13.1. The molecule has 1 aliphatic carbocycles. The van der Waals surface area contributed by atoms with Gasteiger partial charge in [-0.1, -0.05) is 30.5 Å². The van der Waals surface area contributed by atoms with Crippen LogP contribution in [0.5, 0.6) is 0 Å². The van der Waals surface area contributed by atoms with Gasteiger partial charge in [0.15, 0.2) is 5.78 Å². The van der Waals surface area contributed by atoms with Gasteiger partial charge in [0, 0.05) is 10.9 Å². The first-order valence-corrected chi connectivity index (χ1v) is 6.39. The predicted molar refractivity (Wildman–Crippen MR) is 66.7 cm³/mol. The molecule has 0 N–H and O–H groups in total. The topological polar surface area (TPSA) is 40.9 Å². The Kier molecular flexibility index (Phi) is 3.98. The number of carbonyl (C=O) groups excluding carboxylic acids is 1. The molecule has 0 bridgehead atoms. The Balaban J connectivity index is 2.28. The van der Waals surface area contributed by atoms with Crippen LogP contribution in [0.4, 0.5) is 4.39 Å². The summed E-state index contributed by atoms with van der Waals surface area (Å²) in [5.41, 5.74) is 0.414. The molecule has 0 heterocycles. The lowest BCUT2D eigenvalue weighted by molar-refractivity contribution is -0.123. The summed E-state index contributed by atoms with van der Waals surface area (Å²) in [6.45, 7) is 0. The minimum atomic E-state index is -0.874. The fourth-order valence-corrected chi connectivity index (χ4v) is 2.74. The maximum absolute atomic E-state index is 13.0. The molecule has 1 fully saturated rings. The third-order valence-electron chi connectivity index (χ3n) is 3.44. The fraction of sp³-hybridized carbons (Fsp3) is 0.429. The molecule has 1 unspecified atom stereocenters. The first kappa shape index (κ1) is 13.0. The van der Waals surface area contributed by atoms with Crippen LogP contribution in [0.3, 0.4) is 0 Å². The van der Waals surface area contributed by atoms with Crippen molar-refractivity contribution in [3.05, 3.63) is 34.6 Å². The molecule has 0 spiro atoms. The van der Waals surface area contributed by atoms with E-state index in [4.69, 9.17) is 11.6 Å². The molecule has 1 atom stereocenters. The van der Waals surface area contributed by atoms with E-state index in [2.05, 4.69) is 0 Å². The van der Waals surface area contributed by atoms with Gasteiger partial charge in [0.25, 0.3) is 0 Å².